The Morgan fingerprint density at radius 1 is 1.26 bits per heavy atom. The summed E-state index contributed by atoms with van der Waals surface area (Å²) in [5.41, 5.74) is 1.11. The van der Waals surface area contributed by atoms with Gasteiger partial charge in [-0.1, -0.05) is 0 Å². The van der Waals surface area contributed by atoms with Gasteiger partial charge in [-0.15, -0.1) is 11.3 Å². The van der Waals surface area contributed by atoms with Crippen LogP contribution in [-0.2, 0) is 6.42 Å². The number of rotatable bonds is 5. The second-order valence-electron chi connectivity index (χ2n) is 4.84. The van der Waals surface area contributed by atoms with Crippen LogP contribution >= 0.6 is 27.3 Å². The third-order valence-electron chi connectivity index (χ3n) is 3.26. The van der Waals surface area contributed by atoms with Gasteiger partial charge in [0, 0.05) is 17.1 Å². The molecule has 0 fully saturated rings. The van der Waals surface area contributed by atoms with Crippen LogP contribution in [0.25, 0.3) is 5.69 Å². The highest BCUT2D eigenvalue weighted by molar-refractivity contribution is 9.11. The Hall–Kier alpha value is -1.99. The highest BCUT2D eigenvalue weighted by Crippen LogP contribution is 2.22. The maximum atomic E-state index is 13.0. The lowest BCUT2D eigenvalue weighted by molar-refractivity contribution is 0.0947. The number of imidazole rings is 1. The van der Waals surface area contributed by atoms with E-state index in [0.29, 0.717) is 17.9 Å². The average molecular weight is 394 g/mol. The molecule has 1 amide bonds. The van der Waals surface area contributed by atoms with Crippen LogP contribution in [-0.4, -0.2) is 22.0 Å². The van der Waals surface area contributed by atoms with Crippen molar-refractivity contribution >= 4 is 33.2 Å². The number of nitrogens with one attached hydrogen (secondary N) is 1. The summed E-state index contributed by atoms with van der Waals surface area (Å²) in [6.07, 6.45) is 3.81. The number of nitrogens with zero attached hydrogens (tertiary/aromatic N) is 2. The summed E-state index contributed by atoms with van der Waals surface area (Å²) in [5.74, 6) is -0.524. The van der Waals surface area contributed by atoms with E-state index < -0.39 is 0 Å². The molecule has 0 spiro atoms. The SMILES string of the molecule is O=C(NCCc1ccc(Br)s1)c1cncn1-c1ccc(F)cc1. The maximum Gasteiger partial charge on any atom is 0.269 e. The number of benzene rings is 1. The summed E-state index contributed by atoms with van der Waals surface area (Å²) in [5, 5.41) is 2.88. The van der Waals surface area contributed by atoms with E-state index in [1.165, 1.54) is 23.2 Å². The minimum atomic E-state index is -0.318. The fourth-order valence-electron chi connectivity index (χ4n) is 2.15. The molecule has 0 saturated carbocycles. The number of thiophene rings is 1. The molecule has 2 aromatic heterocycles. The van der Waals surface area contributed by atoms with Crippen molar-refractivity contribution in [2.45, 2.75) is 6.42 Å². The average Bonchev–Trinajstić information content (AvgIpc) is 3.17. The first-order chi connectivity index (χ1) is 11.1. The highest BCUT2D eigenvalue weighted by Gasteiger charge is 2.12. The van der Waals surface area contributed by atoms with E-state index in [1.54, 1.807) is 34.4 Å². The summed E-state index contributed by atoms with van der Waals surface area (Å²) in [4.78, 5) is 17.5. The number of amides is 1. The molecule has 1 aromatic carbocycles. The standard InChI is InChI=1S/C16H13BrFN3OS/c17-15-6-5-13(23-15)7-8-20-16(22)14-9-19-10-21(14)12-3-1-11(18)2-4-12/h1-6,9-10H,7-8H2,(H,20,22). The smallest absolute Gasteiger partial charge is 0.269 e. The third kappa shape index (κ3) is 3.86. The Balaban J connectivity index is 1.66. The second kappa shape index (κ2) is 7.06. The van der Waals surface area contributed by atoms with E-state index >= 15 is 0 Å². The number of halogens is 2. The normalized spacial score (nSPS) is 10.7. The van der Waals surface area contributed by atoms with Gasteiger partial charge in [0.05, 0.1) is 16.3 Å². The first-order valence-electron chi connectivity index (χ1n) is 6.94. The van der Waals surface area contributed by atoms with Crippen molar-refractivity contribution in [1.29, 1.82) is 0 Å². The lowest BCUT2D eigenvalue weighted by atomic mass is 10.3. The fourth-order valence-corrected chi connectivity index (χ4v) is 3.63. The molecule has 0 saturated heterocycles. The molecule has 3 rings (SSSR count). The Morgan fingerprint density at radius 3 is 2.74 bits per heavy atom. The van der Waals surface area contributed by atoms with Crippen LogP contribution < -0.4 is 5.32 Å². The van der Waals surface area contributed by atoms with Gasteiger partial charge in [-0.05, 0) is 58.7 Å². The minimum Gasteiger partial charge on any atom is -0.350 e. The molecule has 7 heteroatoms. The summed E-state index contributed by atoms with van der Waals surface area (Å²) in [7, 11) is 0. The van der Waals surface area contributed by atoms with Crippen molar-refractivity contribution in [3.8, 4) is 5.69 Å². The Bertz CT molecular complexity index is 813. The van der Waals surface area contributed by atoms with Crippen molar-refractivity contribution in [3.05, 3.63) is 69.1 Å². The monoisotopic (exact) mass is 393 g/mol. The van der Waals surface area contributed by atoms with Crippen molar-refractivity contribution in [2.75, 3.05) is 6.54 Å². The van der Waals surface area contributed by atoms with Crippen molar-refractivity contribution < 1.29 is 9.18 Å². The number of hydrogen-bond acceptors (Lipinski definition) is 3. The molecular formula is C16H13BrFN3OS. The second-order valence-corrected chi connectivity index (χ2v) is 7.38. The zero-order valence-corrected chi connectivity index (χ0v) is 14.4. The van der Waals surface area contributed by atoms with Crippen LogP contribution in [0.2, 0.25) is 0 Å². The fraction of sp³-hybridized carbons (Fsp3) is 0.125. The topological polar surface area (TPSA) is 46.9 Å². The van der Waals surface area contributed by atoms with Crippen LogP contribution in [0.4, 0.5) is 4.39 Å². The minimum absolute atomic E-state index is 0.206. The zero-order chi connectivity index (χ0) is 16.2. The van der Waals surface area contributed by atoms with E-state index in [0.717, 1.165) is 10.2 Å². The first-order valence-corrected chi connectivity index (χ1v) is 8.55. The van der Waals surface area contributed by atoms with Gasteiger partial charge >= 0.3 is 0 Å². The number of hydrogen-bond donors (Lipinski definition) is 1. The van der Waals surface area contributed by atoms with Crippen LogP contribution in [0.1, 0.15) is 15.4 Å². The number of carbonyl (C=O) groups is 1. The van der Waals surface area contributed by atoms with Gasteiger partial charge < -0.3 is 5.32 Å². The molecule has 23 heavy (non-hydrogen) atoms. The van der Waals surface area contributed by atoms with Crippen molar-refractivity contribution in [2.24, 2.45) is 0 Å². The van der Waals surface area contributed by atoms with Crippen LogP contribution in [0.3, 0.4) is 0 Å². The van der Waals surface area contributed by atoms with Crippen molar-refractivity contribution in [1.82, 2.24) is 14.9 Å². The molecule has 0 atom stereocenters. The predicted octanol–water partition coefficient (Wildman–Crippen LogP) is 3.81. The predicted molar refractivity (Wildman–Crippen MR) is 91.6 cm³/mol. The summed E-state index contributed by atoms with van der Waals surface area (Å²) >= 11 is 5.07. The molecule has 4 nitrogen and oxygen atoms in total. The van der Waals surface area contributed by atoms with Crippen LogP contribution in [0.5, 0.6) is 0 Å². The van der Waals surface area contributed by atoms with Gasteiger partial charge in [0.1, 0.15) is 11.5 Å². The van der Waals surface area contributed by atoms with Crippen LogP contribution in [0.15, 0.2) is 52.7 Å². The molecule has 0 aliphatic rings. The molecule has 118 valence electrons. The molecular weight excluding hydrogens is 381 g/mol. The number of aromatic nitrogens is 2. The molecule has 0 aliphatic heterocycles. The van der Waals surface area contributed by atoms with Gasteiger partial charge in [-0.3, -0.25) is 9.36 Å². The molecule has 3 aromatic rings. The summed E-state index contributed by atoms with van der Waals surface area (Å²) < 4.78 is 15.7. The van der Waals surface area contributed by atoms with Gasteiger partial charge in [0.15, 0.2) is 0 Å². The lowest BCUT2D eigenvalue weighted by Crippen LogP contribution is -2.27. The molecule has 0 radical (unpaired) electrons. The zero-order valence-electron chi connectivity index (χ0n) is 12.0. The Labute approximate surface area is 145 Å². The van der Waals surface area contributed by atoms with E-state index in [2.05, 4.69) is 26.2 Å². The van der Waals surface area contributed by atoms with E-state index in [4.69, 9.17) is 0 Å². The van der Waals surface area contributed by atoms with Gasteiger partial charge in [-0.2, -0.15) is 0 Å². The quantitative estimate of drug-likeness (QED) is 0.716. The molecule has 1 N–H and O–H groups in total. The molecule has 2 heterocycles. The van der Waals surface area contributed by atoms with Crippen molar-refractivity contribution in [3.63, 3.8) is 0 Å². The molecule has 0 aliphatic carbocycles. The van der Waals surface area contributed by atoms with Gasteiger partial charge in [0.2, 0.25) is 0 Å². The maximum absolute atomic E-state index is 13.0. The molecule has 0 unspecified atom stereocenters. The Kier molecular flexibility index (Phi) is 4.88. The third-order valence-corrected chi connectivity index (χ3v) is 4.95. The Morgan fingerprint density at radius 2 is 2.04 bits per heavy atom. The lowest BCUT2D eigenvalue weighted by Gasteiger charge is -2.08. The van der Waals surface area contributed by atoms with Crippen LogP contribution in [0, 0.1) is 5.82 Å². The summed E-state index contributed by atoms with van der Waals surface area (Å²) in [6.45, 7) is 0.542. The first kappa shape index (κ1) is 15.9. The summed E-state index contributed by atoms with van der Waals surface area (Å²) in [6, 6.07) is 9.94. The van der Waals surface area contributed by atoms with E-state index in [-0.39, 0.29) is 11.7 Å². The van der Waals surface area contributed by atoms with Gasteiger partial charge in [0.25, 0.3) is 5.91 Å². The van der Waals surface area contributed by atoms with E-state index in [9.17, 15) is 9.18 Å². The van der Waals surface area contributed by atoms with E-state index in [1.807, 2.05) is 12.1 Å². The van der Waals surface area contributed by atoms with Gasteiger partial charge in [-0.25, -0.2) is 9.37 Å². The number of carbonyl (C=O) groups excluding carboxylic acids is 1. The highest BCUT2D eigenvalue weighted by atomic mass is 79.9. The molecule has 0 bridgehead atoms. The largest absolute Gasteiger partial charge is 0.350 e.